The molecule has 2 bridgehead atoms. The van der Waals surface area contributed by atoms with Gasteiger partial charge in [0.05, 0.1) is 0 Å². The third-order valence-electron chi connectivity index (χ3n) is 5.97. The summed E-state index contributed by atoms with van der Waals surface area (Å²) in [4.78, 5) is 4.48. The third-order valence-corrected chi connectivity index (χ3v) is 5.97. The number of nitrogens with two attached hydrogens (primary N) is 1. The molecule has 4 rings (SSSR count). The van der Waals surface area contributed by atoms with Gasteiger partial charge >= 0.3 is 0 Å². The molecule has 96 valence electrons. The monoisotopic (exact) mass is 242 g/mol. The molecule has 0 spiro atoms. The normalized spacial score (nSPS) is 43.6. The van der Waals surface area contributed by atoms with Crippen molar-refractivity contribution in [3.63, 3.8) is 0 Å². The van der Waals surface area contributed by atoms with Gasteiger partial charge in [0.1, 0.15) is 0 Å². The number of hydrogen-bond acceptors (Lipinski definition) is 2. The van der Waals surface area contributed by atoms with E-state index in [1.165, 1.54) is 25.0 Å². The molecule has 2 heteroatoms. The van der Waals surface area contributed by atoms with Crippen molar-refractivity contribution in [2.75, 3.05) is 0 Å². The van der Waals surface area contributed by atoms with Crippen LogP contribution in [0.5, 0.6) is 0 Å². The Balaban J connectivity index is 1.50. The largest absolute Gasteiger partial charge is 0.327 e. The van der Waals surface area contributed by atoms with Gasteiger partial charge in [0.25, 0.3) is 0 Å². The number of fused-ring (bicyclic) bond motifs is 5. The summed E-state index contributed by atoms with van der Waals surface area (Å²) >= 11 is 0. The predicted molar refractivity (Wildman–Crippen MR) is 71.9 cm³/mol. The Labute approximate surface area is 109 Å². The molecule has 2 N–H and O–H groups in total. The molecule has 1 heterocycles. The van der Waals surface area contributed by atoms with Crippen molar-refractivity contribution in [1.82, 2.24) is 4.98 Å². The molecule has 3 fully saturated rings. The van der Waals surface area contributed by atoms with Gasteiger partial charge in [0.15, 0.2) is 0 Å². The van der Waals surface area contributed by atoms with Crippen molar-refractivity contribution < 1.29 is 0 Å². The Morgan fingerprint density at radius 3 is 2.56 bits per heavy atom. The Morgan fingerprint density at radius 1 is 1.22 bits per heavy atom. The molecule has 0 aromatic carbocycles. The second kappa shape index (κ2) is 3.80. The van der Waals surface area contributed by atoms with Gasteiger partial charge in [0, 0.05) is 23.9 Å². The van der Waals surface area contributed by atoms with E-state index >= 15 is 0 Å². The van der Waals surface area contributed by atoms with Crippen LogP contribution < -0.4 is 5.73 Å². The number of rotatable bonds is 3. The lowest BCUT2D eigenvalue weighted by atomic mass is 9.89. The summed E-state index contributed by atoms with van der Waals surface area (Å²) < 4.78 is 0. The lowest BCUT2D eigenvalue weighted by Crippen LogP contribution is -2.32. The number of pyridine rings is 1. The van der Waals surface area contributed by atoms with E-state index in [9.17, 15) is 0 Å². The highest BCUT2D eigenvalue weighted by molar-refractivity contribution is 5.20. The quantitative estimate of drug-likeness (QED) is 0.885. The van der Waals surface area contributed by atoms with Gasteiger partial charge in [-0.25, -0.2) is 0 Å². The maximum absolute atomic E-state index is 6.56. The third kappa shape index (κ3) is 1.41. The standard InChI is InChI=1S/C16H22N2/c1-9(12-4-2-3-7-18-12)16(17)15-13-10-5-6-11(8-10)14(13)15/h2-4,7,9-11,13-16H,5-6,8,17H2,1H3. The number of hydrogen-bond donors (Lipinski definition) is 1. The summed E-state index contributed by atoms with van der Waals surface area (Å²) in [5.74, 6) is 5.20. The average molecular weight is 242 g/mol. The molecule has 18 heavy (non-hydrogen) atoms. The first kappa shape index (κ1) is 11.0. The van der Waals surface area contributed by atoms with Crippen molar-refractivity contribution in [3.05, 3.63) is 30.1 Å². The first-order valence-electron chi connectivity index (χ1n) is 7.44. The fraction of sp³-hybridized carbons (Fsp3) is 0.688. The minimum absolute atomic E-state index is 0.318. The van der Waals surface area contributed by atoms with Crippen molar-refractivity contribution in [2.24, 2.45) is 35.3 Å². The zero-order chi connectivity index (χ0) is 12.3. The van der Waals surface area contributed by atoms with Crippen LogP contribution in [0.2, 0.25) is 0 Å². The minimum Gasteiger partial charge on any atom is -0.327 e. The maximum atomic E-state index is 6.56. The van der Waals surface area contributed by atoms with Crippen molar-refractivity contribution >= 4 is 0 Å². The molecule has 3 saturated carbocycles. The lowest BCUT2D eigenvalue weighted by Gasteiger charge is -2.22. The van der Waals surface area contributed by atoms with E-state index < -0.39 is 0 Å². The maximum Gasteiger partial charge on any atom is 0.0447 e. The van der Waals surface area contributed by atoms with Crippen molar-refractivity contribution in [1.29, 1.82) is 0 Å². The van der Waals surface area contributed by atoms with E-state index in [1.54, 1.807) is 0 Å². The Kier molecular flexibility index (Phi) is 2.32. The first-order chi connectivity index (χ1) is 8.77. The smallest absolute Gasteiger partial charge is 0.0447 e. The second-order valence-electron chi connectivity index (χ2n) is 6.69. The van der Waals surface area contributed by atoms with Gasteiger partial charge in [0.2, 0.25) is 0 Å². The van der Waals surface area contributed by atoms with E-state index in [4.69, 9.17) is 5.73 Å². The molecular formula is C16H22N2. The molecule has 3 aliphatic rings. The van der Waals surface area contributed by atoms with E-state index in [0.29, 0.717) is 12.0 Å². The average Bonchev–Trinajstić information content (AvgIpc) is 2.85. The zero-order valence-corrected chi connectivity index (χ0v) is 11.0. The first-order valence-corrected chi connectivity index (χ1v) is 7.44. The van der Waals surface area contributed by atoms with Crippen LogP contribution in [0.15, 0.2) is 24.4 Å². The van der Waals surface area contributed by atoms with Crippen LogP contribution in [-0.2, 0) is 0 Å². The van der Waals surface area contributed by atoms with Crippen molar-refractivity contribution in [2.45, 2.75) is 38.1 Å². The van der Waals surface area contributed by atoms with Gasteiger partial charge in [-0.15, -0.1) is 0 Å². The van der Waals surface area contributed by atoms with Crippen LogP contribution in [0.1, 0.15) is 37.8 Å². The fourth-order valence-electron chi connectivity index (χ4n) is 5.08. The molecule has 6 unspecified atom stereocenters. The molecule has 1 aromatic rings. The topological polar surface area (TPSA) is 38.9 Å². The molecule has 0 amide bonds. The summed E-state index contributed by atoms with van der Waals surface area (Å²) in [5, 5.41) is 0. The number of nitrogens with zero attached hydrogens (tertiary/aromatic N) is 1. The summed E-state index contributed by atoms with van der Waals surface area (Å²) in [7, 11) is 0. The molecule has 0 radical (unpaired) electrons. The van der Waals surface area contributed by atoms with Gasteiger partial charge in [-0.2, -0.15) is 0 Å². The molecule has 6 atom stereocenters. The molecule has 3 aliphatic carbocycles. The Bertz CT molecular complexity index is 428. The van der Waals surface area contributed by atoms with Gasteiger partial charge < -0.3 is 5.73 Å². The van der Waals surface area contributed by atoms with Crippen LogP contribution >= 0.6 is 0 Å². The lowest BCUT2D eigenvalue weighted by molar-refractivity contribution is 0.380. The van der Waals surface area contributed by atoms with Crippen LogP contribution in [0, 0.1) is 29.6 Å². The SMILES string of the molecule is CC(c1ccccn1)C(N)C1C2C3CCC(C3)C21. The molecule has 0 aliphatic heterocycles. The summed E-state index contributed by atoms with van der Waals surface area (Å²) in [6.07, 6.45) is 6.35. The minimum atomic E-state index is 0.318. The van der Waals surface area contributed by atoms with Gasteiger partial charge in [-0.1, -0.05) is 13.0 Å². The van der Waals surface area contributed by atoms with E-state index in [-0.39, 0.29) is 0 Å². The molecule has 0 saturated heterocycles. The summed E-state index contributed by atoms with van der Waals surface area (Å²) in [6, 6.07) is 6.49. The fourth-order valence-corrected chi connectivity index (χ4v) is 5.08. The summed E-state index contributed by atoms with van der Waals surface area (Å²) in [5.41, 5.74) is 7.73. The van der Waals surface area contributed by atoms with Gasteiger partial charge in [-0.3, -0.25) is 4.98 Å². The van der Waals surface area contributed by atoms with Gasteiger partial charge in [-0.05, 0) is 61.0 Å². The summed E-state index contributed by atoms with van der Waals surface area (Å²) in [6.45, 7) is 2.25. The molecule has 1 aromatic heterocycles. The van der Waals surface area contributed by atoms with Crippen molar-refractivity contribution in [3.8, 4) is 0 Å². The van der Waals surface area contributed by atoms with E-state index in [2.05, 4.69) is 24.0 Å². The second-order valence-corrected chi connectivity index (χ2v) is 6.69. The van der Waals surface area contributed by atoms with E-state index in [0.717, 1.165) is 29.6 Å². The highest BCUT2D eigenvalue weighted by Crippen LogP contribution is 2.70. The zero-order valence-electron chi connectivity index (χ0n) is 11.0. The number of aromatic nitrogens is 1. The van der Waals surface area contributed by atoms with E-state index in [1.807, 2.05) is 12.3 Å². The highest BCUT2D eigenvalue weighted by Gasteiger charge is 2.66. The predicted octanol–water partition coefficient (Wildman–Crippen LogP) is 2.80. The van der Waals surface area contributed by atoms with Crippen LogP contribution in [0.3, 0.4) is 0 Å². The Morgan fingerprint density at radius 2 is 1.94 bits per heavy atom. The van der Waals surface area contributed by atoms with Crippen LogP contribution in [-0.4, -0.2) is 11.0 Å². The Hall–Kier alpha value is -0.890. The van der Waals surface area contributed by atoms with Crippen LogP contribution in [0.25, 0.3) is 0 Å². The van der Waals surface area contributed by atoms with Crippen LogP contribution in [0.4, 0.5) is 0 Å². The molecule has 2 nitrogen and oxygen atoms in total. The molecular weight excluding hydrogens is 220 g/mol. The highest BCUT2D eigenvalue weighted by atomic mass is 14.8.